The van der Waals surface area contributed by atoms with E-state index in [0.29, 0.717) is 0 Å². The van der Waals surface area contributed by atoms with Crippen LogP contribution in [0.25, 0.3) is 0 Å². The third-order valence-electron chi connectivity index (χ3n) is 2.82. The standard InChI is InChI=1S/C14H16BrNOS/c1-10-5-6-18-14(10)9-16-8-11-7-12(17-2)3-4-13(11)15/h3-7,16H,8-9H2,1-2H3. The average molecular weight is 326 g/mol. The zero-order chi connectivity index (χ0) is 13.0. The van der Waals surface area contributed by atoms with Crippen molar-refractivity contribution in [1.82, 2.24) is 5.32 Å². The molecule has 0 saturated carbocycles. The number of hydrogen-bond acceptors (Lipinski definition) is 3. The Balaban J connectivity index is 1.96. The topological polar surface area (TPSA) is 21.3 Å². The van der Waals surface area contributed by atoms with E-state index in [9.17, 15) is 0 Å². The van der Waals surface area contributed by atoms with Crippen molar-refractivity contribution in [1.29, 1.82) is 0 Å². The van der Waals surface area contributed by atoms with E-state index in [4.69, 9.17) is 4.74 Å². The van der Waals surface area contributed by atoms with E-state index in [-0.39, 0.29) is 0 Å². The van der Waals surface area contributed by atoms with Crippen molar-refractivity contribution in [2.45, 2.75) is 20.0 Å². The third-order valence-corrected chi connectivity index (χ3v) is 4.62. The highest BCUT2D eigenvalue weighted by Crippen LogP contribution is 2.22. The van der Waals surface area contributed by atoms with Gasteiger partial charge in [0.15, 0.2) is 0 Å². The van der Waals surface area contributed by atoms with Gasteiger partial charge in [0, 0.05) is 22.4 Å². The van der Waals surface area contributed by atoms with Crippen molar-refractivity contribution in [2.75, 3.05) is 7.11 Å². The number of methoxy groups -OCH3 is 1. The molecule has 4 heteroatoms. The van der Waals surface area contributed by atoms with Crippen LogP contribution in [0.5, 0.6) is 5.75 Å². The lowest BCUT2D eigenvalue weighted by molar-refractivity contribution is 0.414. The summed E-state index contributed by atoms with van der Waals surface area (Å²) in [5, 5.41) is 5.59. The lowest BCUT2D eigenvalue weighted by Crippen LogP contribution is -2.12. The van der Waals surface area contributed by atoms with Gasteiger partial charge < -0.3 is 10.1 Å². The summed E-state index contributed by atoms with van der Waals surface area (Å²) in [6, 6.07) is 8.19. The van der Waals surface area contributed by atoms with E-state index >= 15 is 0 Å². The zero-order valence-corrected chi connectivity index (χ0v) is 12.9. The van der Waals surface area contributed by atoms with Crippen LogP contribution in [0.1, 0.15) is 16.0 Å². The van der Waals surface area contributed by atoms with Gasteiger partial charge in [-0.3, -0.25) is 0 Å². The van der Waals surface area contributed by atoms with Crippen molar-refractivity contribution in [3.8, 4) is 5.75 Å². The van der Waals surface area contributed by atoms with Crippen LogP contribution in [-0.4, -0.2) is 7.11 Å². The van der Waals surface area contributed by atoms with Crippen LogP contribution in [0, 0.1) is 6.92 Å². The van der Waals surface area contributed by atoms with Gasteiger partial charge in [-0.15, -0.1) is 11.3 Å². The van der Waals surface area contributed by atoms with Gasteiger partial charge in [0.25, 0.3) is 0 Å². The Labute approximate surface area is 120 Å². The molecule has 0 unspecified atom stereocenters. The van der Waals surface area contributed by atoms with E-state index < -0.39 is 0 Å². The van der Waals surface area contributed by atoms with Gasteiger partial charge >= 0.3 is 0 Å². The molecule has 0 bridgehead atoms. The Kier molecular flexibility index (Phi) is 4.80. The number of benzene rings is 1. The van der Waals surface area contributed by atoms with Crippen LogP contribution in [0.4, 0.5) is 0 Å². The van der Waals surface area contributed by atoms with Gasteiger partial charge in [-0.1, -0.05) is 15.9 Å². The molecule has 1 aromatic carbocycles. The Morgan fingerprint density at radius 2 is 2.11 bits per heavy atom. The molecule has 2 aromatic rings. The molecule has 18 heavy (non-hydrogen) atoms. The van der Waals surface area contributed by atoms with E-state index in [0.717, 1.165) is 23.3 Å². The fourth-order valence-electron chi connectivity index (χ4n) is 1.71. The van der Waals surface area contributed by atoms with E-state index in [1.807, 2.05) is 12.1 Å². The highest BCUT2D eigenvalue weighted by molar-refractivity contribution is 9.10. The number of hydrogen-bond donors (Lipinski definition) is 1. The molecule has 2 rings (SSSR count). The molecular weight excluding hydrogens is 310 g/mol. The summed E-state index contributed by atoms with van der Waals surface area (Å²) in [7, 11) is 1.69. The maximum atomic E-state index is 5.23. The van der Waals surface area contributed by atoms with Gasteiger partial charge in [-0.25, -0.2) is 0 Å². The second-order valence-corrected chi connectivity index (χ2v) is 5.94. The minimum Gasteiger partial charge on any atom is -0.497 e. The zero-order valence-electron chi connectivity index (χ0n) is 10.5. The highest BCUT2D eigenvalue weighted by atomic mass is 79.9. The molecule has 0 atom stereocenters. The maximum Gasteiger partial charge on any atom is 0.119 e. The Morgan fingerprint density at radius 3 is 2.78 bits per heavy atom. The normalized spacial score (nSPS) is 10.6. The fraction of sp³-hybridized carbons (Fsp3) is 0.286. The number of halogens is 1. The largest absolute Gasteiger partial charge is 0.497 e. The second-order valence-electron chi connectivity index (χ2n) is 4.09. The predicted octanol–water partition coefficient (Wildman–Crippen LogP) is 4.12. The molecule has 0 spiro atoms. The second kappa shape index (κ2) is 6.36. The van der Waals surface area contributed by atoms with Crippen molar-refractivity contribution >= 4 is 27.3 Å². The molecular formula is C14H16BrNOS. The SMILES string of the molecule is COc1ccc(Br)c(CNCc2sccc2C)c1. The van der Waals surface area contributed by atoms with Gasteiger partial charge in [0.2, 0.25) is 0 Å². The maximum absolute atomic E-state index is 5.23. The van der Waals surface area contributed by atoms with Gasteiger partial charge in [-0.05, 0) is 47.7 Å². The Morgan fingerprint density at radius 1 is 1.28 bits per heavy atom. The first kappa shape index (κ1) is 13.6. The molecule has 1 N–H and O–H groups in total. The smallest absolute Gasteiger partial charge is 0.119 e. The summed E-state index contributed by atoms with van der Waals surface area (Å²) in [6.07, 6.45) is 0. The molecule has 1 aromatic heterocycles. The van der Waals surface area contributed by atoms with E-state index in [1.165, 1.54) is 16.0 Å². The number of ether oxygens (including phenoxy) is 1. The van der Waals surface area contributed by atoms with Crippen LogP contribution >= 0.6 is 27.3 Å². The minimum atomic E-state index is 0.828. The van der Waals surface area contributed by atoms with Gasteiger partial charge in [-0.2, -0.15) is 0 Å². The molecule has 0 aliphatic heterocycles. The first-order valence-corrected chi connectivity index (χ1v) is 7.44. The van der Waals surface area contributed by atoms with Crippen LogP contribution in [0.15, 0.2) is 34.1 Å². The van der Waals surface area contributed by atoms with Gasteiger partial charge in [0.1, 0.15) is 5.75 Å². The van der Waals surface area contributed by atoms with Crippen LogP contribution < -0.4 is 10.1 Å². The van der Waals surface area contributed by atoms with Crippen molar-refractivity contribution < 1.29 is 4.74 Å². The van der Waals surface area contributed by atoms with Crippen molar-refractivity contribution in [3.63, 3.8) is 0 Å². The molecule has 0 radical (unpaired) electrons. The lowest BCUT2D eigenvalue weighted by Gasteiger charge is -2.08. The summed E-state index contributed by atoms with van der Waals surface area (Å²) in [5.74, 6) is 0.891. The molecule has 96 valence electrons. The molecule has 2 nitrogen and oxygen atoms in total. The quantitative estimate of drug-likeness (QED) is 0.892. The average Bonchev–Trinajstić information content (AvgIpc) is 2.77. The molecule has 0 fully saturated rings. The molecule has 1 heterocycles. The summed E-state index contributed by atoms with van der Waals surface area (Å²) in [5.41, 5.74) is 2.57. The van der Waals surface area contributed by atoms with Crippen molar-refractivity contribution in [2.24, 2.45) is 0 Å². The van der Waals surface area contributed by atoms with E-state index in [1.54, 1.807) is 18.4 Å². The molecule has 0 aliphatic carbocycles. The minimum absolute atomic E-state index is 0.828. The summed E-state index contributed by atoms with van der Waals surface area (Å²) in [6.45, 7) is 3.89. The third kappa shape index (κ3) is 3.34. The lowest BCUT2D eigenvalue weighted by atomic mass is 10.2. The van der Waals surface area contributed by atoms with Crippen LogP contribution in [0.3, 0.4) is 0 Å². The predicted molar refractivity (Wildman–Crippen MR) is 80.3 cm³/mol. The van der Waals surface area contributed by atoms with Crippen LogP contribution in [0.2, 0.25) is 0 Å². The number of nitrogens with one attached hydrogen (secondary N) is 1. The number of thiophene rings is 1. The van der Waals surface area contributed by atoms with E-state index in [2.05, 4.69) is 45.7 Å². The Bertz CT molecular complexity index is 524. The molecule has 0 aliphatic rings. The van der Waals surface area contributed by atoms with Crippen molar-refractivity contribution in [3.05, 3.63) is 50.1 Å². The highest BCUT2D eigenvalue weighted by Gasteiger charge is 2.03. The fourth-order valence-corrected chi connectivity index (χ4v) is 2.97. The summed E-state index contributed by atoms with van der Waals surface area (Å²) >= 11 is 5.36. The summed E-state index contributed by atoms with van der Waals surface area (Å²) in [4.78, 5) is 1.40. The van der Waals surface area contributed by atoms with Gasteiger partial charge in [0.05, 0.1) is 7.11 Å². The Hall–Kier alpha value is -0.840. The first-order valence-electron chi connectivity index (χ1n) is 5.77. The summed E-state index contributed by atoms with van der Waals surface area (Å²) < 4.78 is 6.34. The monoisotopic (exact) mass is 325 g/mol. The molecule has 0 amide bonds. The number of aryl methyl sites for hydroxylation is 1. The molecule has 0 saturated heterocycles. The first-order chi connectivity index (χ1) is 8.70. The van der Waals surface area contributed by atoms with Crippen LogP contribution in [-0.2, 0) is 13.1 Å². The number of rotatable bonds is 5.